The lowest BCUT2D eigenvalue weighted by molar-refractivity contribution is -0.136. The summed E-state index contributed by atoms with van der Waals surface area (Å²) in [5, 5.41) is 27.6. The normalized spacial score (nSPS) is 20.0. The fourth-order valence-electron chi connectivity index (χ4n) is 19.5. The van der Waals surface area contributed by atoms with Crippen LogP contribution in [0.1, 0.15) is 181 Å². The first-order valence-electron chi connectivity index (χ1n) is 41.6. The molecule has 23 nitrogen and oxygen atoms in total. The highest BCUT2D eigenvalue weighted by Gasteiger charge is 2.42. The van der Waals surface area contributed by atoms with Crippen molar-refractivity contribution in [3.8, 4) is 0 Å². The van der Waals surface area contributed by atoms with Crippen LogP contribution in [-0.2, 0) is 62.5 Å². The lowest BCUT2D eigenvalue weighted by Gasteiger charge is -2.38. The molecule has 6 aliphatic heterocycles. The Hall–Kier alpha value is -6.02. The van der Waals surface area contributed by atoms with Gasteiger partial charge in [-0.05, 0) is 304 Å². The van der Waals surface area contributed by atoms with Gasteiger partial charge in [0.25, 0.3) is 0 Å². The Kier molecular flexibility index (Phi) is 32.1. The molecule has 9 heterocycles. The number of piperidine rings is 6. The average molecular weight is 2080 g/mol. The first-order valence-corrected chi connectivity index (χ1v) is 47.5. The predicted octanol–water partition coefficient (Wildman–Crippen LogP) is 16.2. The number of primary amides is 1. The van der Waals surface area contributed by atoms with Gasteiger partial charge in [-0.15, -0.1) is 0 Å². The molecular weight excluding hydrogens is 1970 g/mol. The lowest BCUT2D eigenvalue weighted by Crippen LogP contribution is -2.47. The third kappa shape index (κ3) is 23.1. The van der Waals surface area contributed by atoms with E-state index in [2.05, 4.69) is 148 Å². The molecule has 638 valence electrons. The number of hydrogen-bond donors (Lipinski definition) is 6. The van der Waals surface area contributed by atoms with Gasteiger partial charge in [-0.3, -0.25) is 38.9 Å². The molecule has 0 saturated carbocycles. The first kappa shape index (κ1) is 90.7. The van der Waals surface area contributed by atoms with Gasteiger partial charge in [0.15, 0.2) is 0 Å². The number of hydrogen-bond acceptors (Lipinski definition) is 12. The van der Waals surface area contributed by atoms with E-state index in [1.54, 1.807) is 14.7 Å². The number of aliphatic hydroxyl groups is 1. The van der Waals surface area contributed by atoms with Crippen LogP contribution in [0.4, 0.5) is 14.4 Å². The smallest absolute Gasteiger partial charge is 0.323 e. The Morgan fingerprint density at radius 1 is 0.378 bits per heavy atom. The second-order valence-corrected chi connectivity index (χ2v) is 39.7. The Labute approximate surface area is 761 Å². The van der Waals surface area contributed by atoms with E-state index in [9.17, 15) is 38.4 Å². The molecule has 3 aliphatic carbocycles. The number of aromatic nitrogens is 3. The van der Waals surface area contributed by atoms with Crippen LogP contribution in [0.15, 0.2) is 100 Å². The van der Waals surface area contributed by atoms with Crippen molar-refractivity contribution in [3.05, 3.63) is 182 Å². The number of halogens is 9. The highest BCUT2D eigenvalue weighted by Crippen LogP contribution is 2.51. The topological polar surface area (TPSA) is 297 Å². The molecule has 0 radical (unpaired) electrons. The van der Waals surface area contributed by atoms with Crippen molar-refractivity contribution >= 4 is 178 Å². The number of nitrogens with one attached hydrogen (secondary N) is 3. The lowest BCUT2D eigenvalue weighted by atomic mass is 9.76. The summed E-state index contributed by atoms with van der Waals surface area (Å²) in [6.45, 7) is 7.63. The van der Waals surface area contributed by atoms with E-state index >= 15 is 0 Å². The van der Waals surface area contributed by atoms with Crippen molar-refractivity contribution < 1.29 is 48.6 Å². The molecule has 0 unspecified atom stereocenters. The number of amides is 10. The molecule has 9 aliphatic rings. The SMILES string of the molecule is NC(=O)CNC(=O)N1CCC(CC(=O)N2CCC([C@H]3c4ncc(Br)cc4CCc4cc(Cl)cc(Br)c43)CC2)CC1.O=C(CC1CCN(C(=O)NCCO)CC1)N1CCC([C@H]2c3ncc(Br)cc3CCc3cc(Cl)cc(Br)c32)CC1.O=C(O)CNC(=O)N1CCC(CC(=O)N2CCC([C@H]3c4ncc(Br)cc4CCc4cc(Cl)cc(Br)c43)CC2)CC1. The van der Waals surface area contributed by atoms with Gasteiger partial charge < -0.3 is 61.3 Å². The molecule has 3 aromatic carbocycles. The molecule has 0 spiro atoms. The summed E-state index contributed by atoms with van der Waals surface area (Å²) in [6.07, 6.45) is 23.0. The van der Waals surface area contributed by atoms with Gasteiger partial charge >= 0.3 is 24.1 Å². The molecule has 6 aromatic rings. The minimum atomic E-state index is -1.06. The van der Waals surface area contributed by atoms with Crippen molar-refractivity contribution in [1.82, 2.24) is 60.3 Å². The molecular formula is C87H102Br6Cl3N13O10. The van der Waals surface area contributed by atoms with Crippen LogP contribution in [0.3, 0.4) is 0 Å². The van der Waals surface area contributed by atoms with E-state index in [1.165, 1.54) is 50.1 Å². The van der Waals surface area contributed by atoms with Crippen molar-refractivity contribution in [1.29, 1.82) is 0 Å². The standard InChI is InChI=1S/C29H34Br2ClN5O3.C29H33Br2ClN4O4.C29H35Br2ClN4O3/c30-21-12-20-2-1-19-13-22(32)14-23(31)26(19)27(28(20)34-15-21)18-5-9-36(10-6-18)25(39)11-17-3-7-37(8-4-17)29(40)35-16-24(33)38;30-21-12-20-2-1-19-13-22(32)14-23(31)26(19)27(28(20)33-15-21)18-5-9-35(10-6-18)24(37)11-17-3-7-36(8-4-17)29(40)34-16-25(38)39;30-22-14-21-2-1-20-15-23(32)16-24(31)26(20)27(28(21)34-17-22)19-5-10-35(11-6-19)25(38)13-18-3-8-36(9-4-18)29(39)33-7-12-37/h12-15,17-18,27H,1-11,16H2,(H2,33,38)(H,35,40);12-15,17-18,27H,1-11,16H2,(H,34,40)(H,38,39);14-19,27,37H,1-13H2,(H,33,39)/t3*27-/m111/s1. The van der Waals surface area contributed by atoms with E-state index < -0.39 is 11.9 Å². The molecule has 6 saturated heterocycles. The second-order valence-electron chi connectivity index (χ2n) is 33.1. The van der Waals surface area contributed by atoms with Gasteiger partial charge in [0, 0.05) is 183 Å². The maximum absolute atomic E-state index is 13.3. The predicted molar refractivity (Wildman–Crippen MR) is 480 cm³/mol. The van der Waals surface area contributed by atoms with Crippen molar-refractivity contribution in [3.63, 3.8) is 0 Å². The highest BCUT2D eigenvalue weighted by atomic mass is 79.9. The average Bonchev–Trinajstić information content (AvgIpc) is 1.71. The quantitative estimate of drug-likeness (QED) is 0.0558. The van der Waals surface area contributed by atoms with E-state index in [4.69, 9.17) is 65.7 Å². The largest absolute Gasteiger partial charge is 0.480 e. The number of carbonyl (C=O) groups excluding carboxylic acids is 7. The molecule has 3 atom stereocenters. The number of benzene rings is 3. The molecule has 10 amide bonds. The third-order valence-corrected chi connectivity index (χ3v) is 29.6. The number of pyridine rings is 3. The molecule has 32 heteroatoms. The maximum atomic E-state index is 13.3. The number of rotatable bonds is 15. The van der Waals surface area contributed by atoms with E-state index in [0.29, 0.717) is 82.2 Å². The van der Waals surface area contributed by atoms with Crippen LogP contribution in [0.5, 0.6) is 0 Å². The Morgan fingerprint density at radius 2 is 0.647 bits per heavy atom. The maximum Gasteiger partial charge on any atom is 0.323 e. The van der Waals surface area contributed by atoms with Gasteiger partial charge in [-0.25, -0.2) is 14.4 Å². The minimum absolute atomic E-state index is 0.0624. The van der Waals surface area contributed by atoms with Gasteiger partial charge in [-0.1, -0.05) is 82.6 Å². The summed E-state index contributed by atoms with van der Waals surface area (Å²) in [6, 6.07) is 18.1. The third-order valence-electron chi connectivity index (χ3n) is 25.6. The Morgan fingerprint density at radius 3 is 0.924 bits per heavy atom. The Balaban J connectivity index is 0.000000155. The van der Waals surface area contributed by atoms with Crippen molar-refractivity contribution in [2.45, 2.75) is 153 Å². The molecule has 7 N–H and O–H groups in total. The number of carbonyl (C=O) groups is 8. The van der Waals surface area contributed by atoms with Gasteiger partial charge in [0.2, 0.25) is 23.6 Å². The van der Waals surface area contributed by atoms with Crippen molar-refractivity contribution in [2.24, 2.45) is 41.2 Å². The summed E-state index contributed by atoms with van der Waals surface area (Å²) >= 11 is 41.6. The summed E-state index contributed by atoms with van der Waals surface area (Å²) in [4.78, 5) is 124. The second kappa shape index (κ2) is 42.1. The van der Waals surface area contributed by atoms with Crippen LogP contribution in [0.25, 0.3) is 0 Å². The molecule has 3 aromatic heterocycles. The number of likely N-dealkylation sites (tertiary alicyclic amines) is 6. The number of carboxylic acid groups (broad SMARTS) is 1. The number of carboxylic acids is 1. The summed E-state index contributed by atoms with van der Waals surface area (Å²) in [5.74, 6) is 1.35. The fraction of sp³-hybridized carbons (Fsp3) is 0.529. The number of aliphatic carboxylic acids is 1. The van der Waals surface area contributed by atoms with E-state index in [0.717, 1.165) is 214 Å². The Bertz CT molecular complexity index is 4520. The number of aliphatic hydroxyl groups excluding tert-OH is 1. The summed E-state index contributed by atoms with van der Waals surface area (Å²) in [5.41, 5.74) is 20.0. The zero-order valence-corrected chi connectivity index (χ0v) is 78.2. The number of nitrogens with two attached hydrogens (primary N) is 1. The van der Waals surface area contributed by atoms with Crippen LogP contribution in [0.2, 0.25) is 15.1 Å². The molecule has 119 heavy (non-hydrogen) atoms. The van der Waals surface area contributed by atoms with E-state index in [-0.39, 0.29) is 91.6 Å². The zero-order valence-electron chi connectivity index (χ0n) is 66.5. The van der Waals surface area contributed by atoms with Gasteiger partial charge in [-0.2, -0.15) is 0 Å². The fourth-order valence-corrected chi connectivity index (χ4v) is 24.0. The van der Waals surface area contributed by atoms with Crippen molar-refractivity contribution in [2.75, 3.05) is 105 Å². The van der Waals surface area contributed by atoms with Gasteiger partial charge in [0.05, 0.1) is 30.2 Å². The molecule has 6 fully saturated rings. The monoisotopic (exact) mass is 2070 g/mol. The summed E-state index contributed by atoms with van der Waals surface area (Å²) < 4.78 is 6.08. The van der Waals surface area contributed by atoms with Crippen LogP contribution in [-0.4, -0.2) is 207 Å². The number of fused-ring (bicyclic) bond motifs is 6. The number of urea groups is 3. The minimum Gasteiger partial charge on any atom is -0.480 e. The number of nitrogens with zero attached hydrogens (tertiary/aromatic N) is 9. The van der Waals surface area contributed by atoms with Gasteiger partial charge in [0.1, 0.15) is 6.54 Å². The molecule has 15 rings (SSSR count). The van der Waals surface area contributed by atoms with Crippen LogP contribution >= 0.6 is 130 Å². The highest BCUT2D eigenvalue weighted by molar-refractivity contribution is 9.11. The van der Waals surface area contributed by atoms with Crippen LogP contribution in [0, 0.1) is 35.5 Å². The molecule has 0 bridgehead atoms. The first-order chi connectivity index (χ1) is 57.2. The van der Waals surface area contributed by atoms with Crippen LogP contribution < -0.4 is 21.7 Å². The van der Waals surface area contributed by atoms with E-state index in [1.807, 2.05) is 51.5 Å². The summed E-state index contributed by atoms with van der Waals surface area (Å²) in [7, 11) is 0. The number of aryl methyl sites for hydroxylation is 6. The zero-order chi connectivity index (χ0) is 84.3.